The second kappa shape index (κ2) is 12.0. The van der Waals surface area contributed by atoms with Gasteiger partial charge in [0.2, 0.25) is 0 Å². The molecule has 62 heavy (non-hydrogen) atoms. The molecule has 10 aliphatic carbocycles. The van der Waals surface area contributed by atoms with Crippen molar-refractivity contribution >= 4 is 28.2 Å². The van der Waals surface area contributed by atoms with Crippen molar-refractivity contribution in [2.45, 2.75) is 99.7 Å². The third-order valence-electron chi connectivity index (χ3n) is 17.7. The zero-order valence-corrected chi connectivity index (χ0v) is 35.8. The predicted octanol–water partition coefficient (Wildman–Crippen LogP) is 15.8. The molecule has 0 atom stereocenters. The predicted molar refractivity (Wildman–Crippen MR) is 255 cm³/mol. The molecule has 1 radical (unpaired) electrons. The van der Waals surface area contributed by atoms with Crippen LogP contribution in [0.3, 0.4) is 0 Å². The molecule has 4 bridgehead atoms. The van der Waals surface area contributed by atoms with E-state index in [2.05, 4.69) is 165 Å². The van der Waals surface area contributed by atoms with E-state index in [1.807, 2.05) is 0 Å². The Morgan fingerprint density at radius 2 is 0.903 bits per heavy atom. The number of benzene rings is 7. The zero-order chi connectivity index (χ0) is 40.6. The Kier molecular flexibility index (Phi) is 6.68. The summed E-state index contributed by atoms with van der Waals surface area (Å²) in [7, 11) is 0. The first kappa shape index (κ1) is 34.6. The minimum atomic E-state index is -0.461. The van der Waals surface area contributed by atoms with Gasteiger partial charge in [-0.2, -0.15) is 0 Å². The summed E-state index contributed by atoms with van der Waals surface area (Å²) in [4.78, 5) is 2.89. The fraction of sp³-hybridized carbons (Fsp3) is 0.262. The lowest BCUT2D eigenvalue weighted by Gasteiger charge is -2.48. The zero-order valence-electron chi connectivity index (χ0n) is 35.8. The van der Waals surface area contributed by atoms with E-state index in [9.17, 15) is 0 Å². The van der Waals surface area contributed by atoms with Gasteiger partial charge >= 0.3 is 0 Å². The van der Waals surface area contributed by atoms with Crippen LogP contribution in [0, 0.1) is 6.42 Å². The van der Waals surface area contributed by atoms with E-state index in [1.165, 1.54) is 141 Å². The monoisotopic (exact) mass is 796 g/mol. The number of allylic oxidation sites excluding steroid dienone is 2. The summed E-state index contributed by atoms with van der Waals surface area (Å²) in [5.41, 5.74) is 30.1. The molecule has 0 N–H and O–H groups in total. The summed E-state index contributed by atoms with van der Waals surface area (Å²) in [5, 5.41) is 0. The van der Waals surface area contributed by atoms with Gasteiger partial charge in [0.05, 0.1) is 16.8 Å². The van der Waals surface area contributed by atoms with Gasteiger partial charge in [-0.1, -0.05) is 135 Å². The normalized spacial score (nSPS) is 23.6. The molecule has 10 aliphatic rings. The molecule has 7 aromatic carbocycles. The SMILES string of the molecule is CC1(C)c2ccccc2-c2ccc(N(c3cccc4c3-c3ccccc3C43c4ccccc4C4=C([CH]4)c4ccccc43)c3c4c(cc5c3C3CCC5CC3)C3CCC4CC3)cc21. The van der Waals surface area contributed by atoms with E-state index in [1.54, 1.807) is 27.9 Å². The van der Waals surface area contributed by atoms with Gasteiger partial charge in [-0.25, -0.2) is 0 Å². The Hall–Kier alpha value is -5.92. The van der Waals surface area contributed by atoms with Crippen LogP contribution in [0.15, 0.2) is 140 Å². The minimum Gasteiger partial charge on any atom is -0.309 e. The van der Waals surface area contributed by atoms with Crippen molar-refractivity contribution in [3.05, 3.63) is 213 Å². The molecule has 0 saturated heterocycles. The van der Waals surface area contributed by atoms with Crippen LogP contribution in [-0.4, -0.2) is 0 Å². The topological polar surface area (TPSA) is 3.24 Å². The Labute approximate surface area is 366 Å². The number of hydrogen-bond acceptors (Lipinski definition) is 1. The van der Waals surface area contributed by atoms with Gasteiger partial charge in [0.15, 0.2) is 0 Å². The second-order valence-electron chi connectivity index (χ2n) is 20.6. The van der Waals surface area contributed by atoms with Gasteiger partial charge < -0.3 is 4.90 Å². The van der Waals surface area contributed by atoms with E-state index in [4.69, 9.17) is 0 Å². The van der Waals surface area contributed by atoms with Gasteiger partial charge in [-0.3, -0.25) is 0 Å². The lowest BCUT2D eigenvalue weighted by Crippen LogP contribution is -2.31. The molecule has 17 rings (SSSR count). The van der Waals surface area contributed by atoms with Crippen molar-refractivity contribution in [3.63, 3.8) is 0 Å². The molecule has 7 aromatic rings. The maximum absolute atomic E-state index is 2.89. The van der Waals surface area contributed by atoms with Crippen LogP contribution in [0.2, 0.25) is 0 Å². The molecular formula is C61H50N. The molecule has 0 aromatic heterocycles. The number of nitrogens with zero attached hydrogens (tertiary/aromatic N) is 1. The van der Waals surface area contributed by atoms with Crippen LogP contribution in [0.25, 0.3) is 33.4 Å². The number of hydrogen-bond donors (Lipinski definition) is 0. The van der Waals surface area contributed by atoms with Gasteiger partial charge in [0.25, 0.3) is 0 Å². The van der Waals surface area contributed by atoms with Crippen molar-refractivity contribution < 1.29 is 0 Å². The van der Waals surface area contributed by atoms with Crippen LogP contribution < -0.4 is 4.90 Å². The van der Waals surface area contributed by atoms with E-state index >= 15 is 0 Å². The summed E-state index contributed by atoms with van der Waals surface area (Å²) >= 11 is 0. The van der Waals surface area contributed by atoms with Crippen molar-refractivity contribution in [1.29, 1.82) is 0 Å². The average Bonchev–Trinajstić information content (AvgIpc) is 4.04. The Balaban J connectivity index is 1.08. The van der Waals surface area contributed by atoms with Gasteiger partial charge in [-0.05, 0) is 188 Å². The first-order chi connectivity index (χ1) is 30.5. The number of anilines is 3. The molecule has 299 valence electrons. The van der Waals surface area contributed by atoms with Crippen molar-refractivity contribution in [3.8, 4) is 22.3 Å². The molecule has 0 heterocycles. The molecule has 0 unspecified atom stereocenters. The molecule has 1 nitrogen and oxygen atoms in total. The Morgan fingerprint density at radius 3 is 1.52 bits per heavy atom. The van der Waals surface area contributed by atoms with Crippen molar-refractivity contribution in [2.24, 2.45) is 0 Å². The molecule has 2 saturated carbocycles. The standard InChI is InChI=1S/C61H50N/c1-60(2)49-16-7-3-12-40(49)43-31-30-39(32-54(43)60)62(59-56-37-26-22-35(23-27-37)45(56)33-46-36-24-28-38(29-25-36)57(46)59)55-21-11-20-53-58(55)44-15-6-10-19-52(44)61(53)50-17-8-4-13-41(50)47-34-48(47)42-14-5-9-18-51(42)61/h3-21,30-38H,22-29H2,1-2H3. The third kappa shape index (κ3) is 4.17. The molecule has 1 heteroatoms. The molecule has 0 aliphatic heterocycles. The lowest BCUT2D eigenvalue weighted by atomic mass is 9.60. The molecule has 0 amide bonds. The first-order valence-corrected chi connectivity index (χ1v) is 23.8. The van der Waals surface area contributed by atoms with Crippen LogP contribution in [0.5, 0.6) is 0 Å². The van der Waals surface area contributed by atoms with E-state index < -0.39 is 5.41 Å². The second-order valence-corrected chi connectivity index (χ2v) is 20.6. The summed E-state index contributed by atoms with van der Waals surface area (Å²) in [6.45, 7) is 4.91. The van der Waals surface area contributed by atoms with Crippen LogP contribution in [0.4, 0.5) is 17.1 Å². The Bertz CT molecular complexity index is 3070. The number of rotatable bonds is 3. The number of fused-ring (bicyclic) bond motifs is 18. The fourth-order valence-electron chi connectivity index (χ4n) is 15.0. The van der Waals surface area contributed by atoms with Gasteiger partial charge in [0, 0.05) is 23.1 Å². The summed E-state index contributed by atoms with van der Waals surface area (Å²) in [6, 6.07) is 55.2. The molecule has 2 fully saturated rings. The van der Waals surface area contributed by atoms with Crippen LogP contribution in [0.1, 0.15) is 156 Å². The summed E-state index contributed by atoms with van der Waals surface area (Å²) in [6.07, 6.45) is 13.1. The largest absolute Gasteiger partial charge is 0.309 e. The average molecular weight is 797 g/mol. The summed E-state index contributed by atoms with van der Waals surface area (Å²) < 4.78 is 0. The smallest absolute Gasteiger partial charge is 0.0726 e. The van der Waals surface area contributed by atoms with E-state index in [0.29, 0.717) is 23.7 Å². The highest BCUT2D eigenvalue weighted by Gasteiger charge is 2.53. The first-order valence-electron chi connectivity index (χ1n) is 23.8. The summed E-state index contributed by atoms with van der Waals surface area (Å²) in [5.74, 6) is 2.58. The molecular weight excluding hydrogens is 747 g/mol. The minimum absolute atomic E-state index is 0.0997. The van der Waals surface area contributed by atoms with Crippen molar-refractivity contribution in [1.82, 2.24) is 0 Å². The highest BCUT2D eigenvalue weighted by molar-refractivity contribution is 6.20. The lowest BCUT2D eigenvalue weighted by molar-refractivity contribution is 0.342. The maximum atomic E-state index is 2.89. The third-order valence-corrected chi connectivity index (χ3v) is 17.7. The van der Waals surface area contributed by atoms with Gasteiger partial charge in [-0.15, -0.1) is 0 Å². The van der Waals surface area contributed by atoms with E-state index in [-0.39, 0.29) is 5.41 Å². The Morgan fingerprint density at radius 1 is 0.419 bits per heavy atom. The van der Waals surface area contributed by atoms with E-state index in [0.717, 1.165) is 0 Å². The quantitative estimate of drug-likeness (QED) is 0.172. The van der Waals surface area contributed by atoms with Crippen molar-refractivity contribution in [2.75, 3.05) is 4.90 Å². The van der Waals surface area contributed by atoms with Crippen LogP contribution >= 0.6 is 0 Å². The molecule has 1 spiro atoms. The fourth-order valence-corrected chi connectivity index (χ4v) is 15.0. The highest BCUT2D eigenvalue weighted by atomic mass is 15.2. The van der Waals surface area contributed by atoms with Gasteiger partial charge in [0.1, 0.15) is 0 Å². The van der Waals surface area contributed by atoms with Crippen LogP contribution in [-0.2, 0) is 10.8 Å². The highest BCUT2D eigenvalue weighted by Crippen LogP contribution is 2.67. The maximum Gasteiger partial charge on any atom is 0.0726 e.